The molecule has 0 amide bonds. The van der Waals surface area contributed by atoms with Crippen LogP contribution in [-0.4, -0.2) is 12.4 Å². The molecule has 0 saturated heterocycles. The molecule has 0 aliphatic carbocycles. The van der Waals surface area contributed by atoms with E-state index >= 15 is 0 Å². The Balaban J connectivity index is 2.42. The van der Waals surface area contributed by atoms with E-state index in [-0.39, 0.29) is 21.9 Å². The van der Waals surface area contributed by atoms with E-state index in [9.17, 15) is 13.6 Å². The molecule has 0 heterocycles. The smallest absolute Gasteiger partial charge is 0.387 e. The van der Waals surface area contributed by atoms with Gasteiger partial charge in [-0.25, -0.2) is 0 Å². The molecular weight excluding hydrogens is 274 g/mol. The van der Waals surface area contributed by atoms with Gasteiger partial charge in [0.1, 0.15) is 5.75 Å². The molecule has 5 heteroatoms. The molecule has 0 aromatic heterocycles. The zero-order valence-corrected chi connectivity index (χ0v) is 10.4. The standard InChI is InChI=1S/C14H9ClF2O2/c15-11-7-3-1-5-9(11)13(18)10-6-2-4-8-12(10)19-14(16)17/h1-8,14H. The van der Waals surface area contributed by atoms with Crippen molar-refractivity contribution in [3.05, 3.63) is 64.7 Å². The quantitative estimate of drug-likeness (QED) is 0.787. The van der Waals surface area contributed by atoms with E-state index in [0.717, 1.165) is 0 Å². The lowest BCUT2D eigenvalue weighted by atomic mass is 10.0. The highest BCUT2D eigenvalue weighted by Crippen LogP contribution is 2.26. The molecule has 2 rings (SSSR count). The summed E-state index contributed by atoms with van der Waals surface area (Å²) in [6.07, 6.45) is 0. The van der Waals surface area contributed by atoms with Crippen molar-refractivity contribution >= 4 is 17.4 Å². The maximum Gasteiger partial charge on any atom is 0.387 e. The molecule has 0 spiro atoms. The molecule has 2 aromatic rings. The van der Waals surface area contributed by atoms with Crippen molar-refractivity contribution < 1.29 is 18.3 Å². The Morgan fingerprint density at radius 2 is 1.58 bits per heavy atom. The average Bonchev–Trinajstić information content (AvgIpc) is 2.38. The summed E-state index contributed by atoms with van der Waals surface area (Å²) in [4.78, 5) is 12.3. The predicted molar refractivity (Wildman–Crippen MR) is 68.0 cm³/mol. The van der Waals surface area contributed by atoms with Gasteiger partial charge < -0.3 is 4.74 Å². The topological polar surface area (TPSA) is 26.3 Å². The number of rotatable bonds is 4. The summed E-state index contributed by atoms with van der Waals surface area (Å²) in [5.41, 5.74) is 0.297. The van der Waals surface area contributed by atoms with E-state index in [1.165, 1.54) is 24.3 Å². The van der Waals surface area contributed by atoms with Crippen LogP contribution in [0.3, 0.4) is 0 Å². The van der Waals surface area contributed by atoms with E-state index < -0.39 is 12.4 Å². The second kappa shape index (κ2) is 5.80. The second-order valence-electron chi connectivity index (χ2n) is 3.68. The molecule has 0 N–H and O–H groups in total. The lowest BCUT2D eigenvalue weighted by Gasteiger charge is -2.10. The Morgan fingerprint density at radius 3 is 2.21 bits per heavy atom. The van der Waals surface area contributed by atoms with Gasteiger partial charge in [0.2, 0.25) is 0 Å². The zero-order chi connectivity index (χ0) is 13.8. The van der Waals surface area contributed by atoms with Gasteiger partial charge >= 0.3 is 6.61 Å². The van der Waals surface area contributed by atoms with Crippen LogP contribution in [-0.2, 0) is 0 Å². The van der Waals surface area contributed by atoms with Gasteiger partial charge in [0.15, 0.2) is 5.78 Å². The summed E-state index contributed by atoms with van der Waals surface area (Å²) in [5, 5.41) is 0.263. The summed E-state index contributed by atoms with van der Waals surface area (Å²) >= 11 is 5.92. The van der Waals surface area contributed by atoms with Crippen molar-refractivity contribution in [2.45, 2.75) is 6.61 Å². The van der Waals surface area contributed by atoms with E-state index in [2.05, 4.69) is 4.74 Å². The minimum atomic E-state index is -2.99. The summed E-state index contributed by atoms with van der Waals surface area (Å²) in [5.74, 6) is -0.621. The molecule has 0 fully saturated rings. The molecule has 2 aromatic carbocycles. The molecule has 0 unspecified atom stereocenters. The summed E-state index contributed by atoms with van der Waals surface area (Å²) in [7, 11) is 0. The highest BCUT2D eigenvalue weighted by Gasteiger charge is 2.18. The van der Waals surface area contributed by atoms with E-state index in [0.29, 0.717) is 0 Å². The van der Waals surface area contributed by atoms with Crippen LogP contribution in [0.2, 0.25) is 5.02 Å². The van der Waals surface area contributed by atoms with Crippen LogP contribution in [0.25, 0.3) is 0 Å². The monoisotopic (exact) mass is 282 g/mol. The fraction of sp³-hybridized carbons (Fsp3) is 0.0714. The summed E-state index contributed by atoms with van der Waals surface area (Å²) in [6, 6.07) is 12.2. The van der Waals surface area contributed by atoms with Gasteiger partial charge in [0, 0.05) is 5.56 Å². The van der Waals surface area contributed by atoms with Gasteiger partial charge in [-0.3, -0.25) is 4.79 Å². The number of ether oxygens (including phenoxy) is 1. The number of benzene rings is 2. The third-order valence-electron chi connectivity index (χ3n) is 2.47. The molecule has 0 bridgehead atoms. The molecule has 2 nitrogen and oxygen atoms in total. The van der Waals surface area contributed by atoms with Gasteiger partial charge in [-0.05, 0) is 24.3 Å². The Bertz CT molecular complexity index is 600. The number of hydrogen-bond donors (Lipinski definition) is 0. The van der Waals surface area contributed by atoms with Gasteiger partial charge in [0.25, 0.3) is 0 Å². The lowest BCUT2D eigenvalue weighted by Crippen LogP contribution is -2.09. The van der Waals surface area contributed by atoms with Gasteiger partial charge in [0.05, 0.1) is 10.6 Å². The van der Waals surface area contributed by atoms with Crippen molar-refractivity contribution in [2.24, 2.45) is 0 Å². The molecule has 19 heavy (non-hydrogen) atoms. The highest BCUT2D eigenvalue weighted by molar-refractivity contribution is 6.35. The van der Waals surface area contributed by atoms with E-state index in [1.54, 1.807) is 24.3 Å². The lowest BCUT2D eigenvalue weighted by molar-refractivity contribution is -0.0501. The Morgan fingerprint density at radius 1 is 1.00 bits per heavy atom. The maximum atomic E-state index is 12.3. The van der Waals surface area contributed by atoms with Crippen molar-refractivity contribution in [1.82, 2.24) is 0 Å². The predicted octanol–water partition coefficient (Wildman–Crippen LogP) is 4.17. The maximum absolute atomic E-state index is 12.3. The summed E-state index contributed by atoms with van der Waals surface area (Å²) < 4.78 is 28.9. The molecule has 0 aliphatic rings. The number of alkyl halides is 2. The van der Waals surface area contributed by atoms with Crippen molar-refractivity contribution in [3.63, 3.8) is 0 Å². The highest BCUT2D eigenvalue weighted by atomic mass is 35.5. The van der Waals surface area contributed by atoms with E-state index in [4.69, 9.17) is 11.6 Å². The SMILES string of the molecule is O=C(c1ccccc1Cl)c1ccccc1OC(F)F. The molecule has 0 radical (unpaired) electrons. The van der Waals surface area contributed by atoms with Crippen molar-refractivity contribution in [3.8, 4) is 5.75 Å². The van der Waals surface area contributed by atoms with Crippen LogP contribution in [0.5, 0.6) is 5.75 Å². The van der Waals surface area contributed by atoms with Crippen LogP contribution in [0.15, 0.2) is 48.5 Å². The van der Waals surface area contributed by atoms with Crippen LogP contribution in [0, 0.1) is 0 Å². The number of ketones is 1. The first-order valence-corrected chi connectivity index (χ1v) is 5.80. The number of para-hydroxylation sites is 1. The van der Waals surface area contributed by atoms with Crippen molar-refractivity contribution in [2.75, 3.05) is 0 Å². The Hall–Kier alpha value is -1.94. The minimum Gasteiger partial charge on any atom is -0.434 e. The third kappa shape index (κ3) is 3.09. The van der Waals surface area contributed by atoms with Gasteiger partial charge in [-0.2, -0.15) is 8.78 Å². The Kier molecular flexibility index (Phi) is 4.12. The zero-order valence-electron chi connectivity index (χ0n) is 9.65. The number of halogens is 3. The number of hydrogen-bond acceptors (Lipinski definition) is 2. The minimum absolute atomic E-state index is 0.0518. The van der Waals surface area contributed by atoms with Crippen LogP contribution in [0.1, 0.15) is 15.9 Å². The average molecular weight is 283 g/mol. The van der Waals surface area contributed by atoms with Gasteiger partial charge in [-0.15, -0.1) is 0 Å². The number of carbonyl (C=O) groups is 1. The molecule has 0 saturated carbocycles. The Labute approximate surface area is 113 Å². The second-order valence-corrected chi connectivity index (χ2v) is 4.09. The van der Waals surface area contributed by atoms with Gasteiger partial charge in [-0.1, -0.05) is 35.9 Å². The molecule has 98 valence electrons. The first kappa shape index (κ1) is 13.5. The molecule has 0 atom stereocenters. The first-order chi connectivity index (χ1) is 9.09. The van der Waals surface area contributed by atoms with E-state index in [1.807, 2.05) is 0 Å². The number of carbonyl (C=O) groups excluding carboxylic acids is 1. The van der Waals surface area contributed by atoms with Crippen molar-refractivity contribution in [1.29, 1.82) is 0 Å². The fourth-order valence-corrected chi connectivity index (χ4v) is 1.86. The first-order valence-electron chi connectivity index (χ1n) is 5.42. The largest absolute Gasteiger partial charge is 0.434 e. The fourth-order valence-electron chi connectivity index (χ4n) is 1.64. The van der Waals surface area contributed by atoms with Crippen LogP contribution >= 0.6 is 11.6 Å². The normalized spacial score (nSPS) is 10.5. The summed E-state index contributed by atoms with van der Waals surface area (Å²) in [6.45, 7) is -2.99. The van der Waals surface area contributed by atoms with Crippen LogP contribution < -0.4 is 4.74 Å². The van der Waals surface area contributed by atoms with Crippen LogP contribution in [0.4, 0.5) is 8.78 Å². The molecular formula is C14H9ClF2O2. The third-order valence-corrected chi connectivity index (χ3v) is 2.80. The molecule has 0 aliphatic heterocycles.